The van der Waals surface area contributed by atoms with Crippen LogP contribution in [0.5, 0.6) is 0 Å². The van der Waals surface area contributed by atoms with E-state index in [-0.39, 0.29) is 11.5 Å². The van der Waals surface area contributed by atoms with Gasteiger partial charge >= 0.3 is 5.97 Å². The van der Waals surface area contributed by atoms with Crippen molar-refractivity contribution in [2.45, 2.75) is 24.8 Å². The smallest absolute Gasteiger partial charge is 0.337 e. The summed E-state index contributed by atoms with van der Waals surface area (Å²) in [6.45, 7) is 0. The van der Waals surface area contributed by atoms with E-state index in [9.17, 15) is 4.79 Å². The molecule has 0 spiro atoms. The van der Waals surface area contributed by atoms with Crippen LogP contribution in [0.25, 0.3) is 0 Å². The van der Waals surface area contributed by atoms with Crippen molar-refractivity contribution >= 4 is 5.97 Å². The Hall–Kier alpha value is -1.35. The summed E-state index contributed by atoms with van der Waals surface area (Å²) in [6, 6.07) is 7.68. The van der Waals surface area contributed by atoms with E-state index in [1.807, 2.05) is 19.2 Å². The number of esters is 1. The quantitative estimate of drug-likeness (QED) is 0.784. The molecule has 0 heterocycles. The molecule has 1 aromatic rings. The van der Waals surface area contributed by atoms with Gasteiger partial charge in [-0.2, -0.15) is 0 Å². The minimum Gasteiger partial charge on any atom is -0.465 e. The van der Waals surface area contributed by atoms with Crippen LogP contribution in [0.2, 0.25) is 0 Å². The lowest BCUT2D eigenvalue weighted by Gasteiger charge is -2.14. The van der Waals surface area contributed by atoms with Crippen molar-refractivity contribution in [3.8, 4) is 0 Å². The van der Waals surface area contributed by atoms with Crippen molar-refractivity contribution in [1.82, 2.24) is 5.32 Å². The Bertz CT molecular complexity index is 397. The predicted molar refractivity (Wildman–Crippen MR) is 62.5 cm³/mol. The van der Waals surface area contributed by atoms with Gasteiger partial charge in [0.05, 0.1) is 12.7 Å². The number of benzene rings is 1. The predicted octanol–water partition coefficient (Wildman–Crippen LogP) is 1.77. The highest BCUT2D eigenvalue weighted by molar-refractivity contribution is 5.89. The van der Waals surface area contributed by atoms with Gasteiger partial charge in [-0.25, -0.2) is 4.79 Å². The van der Waals surface area contributed by atoms with Gasteiger partial charge in [0.2, 0.25) is 0 Å². The number of nitrogens with one attached hydrogen (secondary N) is 1. The van der Waals surface area contributed by atoms with E-state index in [4.69, 9.17) is 4.74 Å². The zero-order valence-corrected chi connectivity index (χ0v) is 9.75. The highest BCUT2D eigenvalue weighted by Crippen LogP contribution is 2.38. The van der Waals surface area contributed by atoms with Gasteiger partial charge in [0.1, 0.15) is 0 Å². The van der Waals surface area contributed by atoms with Gasteiger partial charge < -0.3 is 10.1 Å². The van der Waals surface area contributed by atoms with Gasteiger partial charge in [-0.15, -0.1) is 0 Å². The molecule has 3 heteroatoms. The van der Waals surface area contributed by atoms with E-state index in [0.717, 1.165) is 6.42 Å². The molecule has 2 rings (SSSR count). The SMILES string of the molecule is CNC1(Cc2cccc(C(=O)OC)c2)CC1. The fourth-order valence-electron chi connectivity index (χ4n) is 1.98. The number of methoxy groups -OCH3 is 1. The largest absolute Gasteiger partial charge is 0.465 e. The summed E-state index contributed by atoms with van der Waals surface area (Å²) in [5.41, 5.74) is 2.09. The molecule has 0 radical (unpaired) electrons. The van der Waals surface area contributed by atoms with Crippen molar-refractivity contribution in [1.29, 1.82) is 0 Å². The molecule has 16 heavy (non-hydrogen) atoms. The molecule has 0 amide bonds. The van der Waals surface area contributed by atoms with Crippen molar-refractivity contribution in [3.63, 3.8) is 0 Å². The van der Waals surface area contributed by atoms with Gasteiger partial charge in [-0.05, 0) is 44.0 Å². The van der Waals surface area contributed by atoms with Gasteiger partial charge in [0, 0.05) is 5.54 Å². The normalized spacial score (nSPS) is 16.9. The maximum Gasteiger partial charge on any atom is 0.337 e. The number of ether oxygens (including phenoxy) is 1. The van der Waals surface area contributed by atoms with Crippen LogP contribution >= 0.6 is 0 Å². The zero-order chi connectivity index (χ0) is 11.6. The lowest BCUT2D eigenvalue weighted by Crippen LogP contribution is -2.29. The van der Waals surface area contributed by atoms with Crippen LogP contribution in [0, 0.1) is 0 Å². The fraction of sp³-hybridized carbons (Fsp3) is 0.462. The number of carbonyl (C=O) groups is 1. The number of rotatable bonds is 4. The molecule has 0 unspecified atom stereocenters. The summed E-state index contributed by atoms with van der Waals surface area (Å²) in [4.78, 5) is 11.4. The van der Waals surface area contributed by atoms with Crippen molar-refractivity contribution in [2.75, 3.05) is 14.2 Å². The molecule has 0 saturated heterocycles. The van der Waals surface area contributed by atoms with E-state index < -0.39 is 0 Å². The van der Waals surface area contributed by atoms with E-state index in [1.165, 1.54) is 25.5 Å². The topological polar surface area (TPSA) is 38.3 Å². The molecule has 0 aromatic heterocycles. The van der Waals surface area contributed by atoms with Crippen LogP contribution in [-0.4, -0.2) is 25.7 Å². The summed E-state index contributed by atoms with van der Waals surface area (Å²) in [7, 11) is 3.40. The molecule has 0 bridgehead atoms. The average Bonchev–Trinajstić information content (AvgIpc) is 3.09. The molecule has 0 atom stereocenters. The van der Waals surface area contributed by atoms with E-state index in [0.29, 0.717) is 5.56 Å². The summed E-state index contributed by atoms with van der Waals surface area (Å²) in [6.07, 6.45) is 3.41. The van der Waals surface area contributed by atoms with Gasteiger partial charge in [-0.3, -0.25) is 0 Å². The first-order valence-corrected chi connectivity index (χ1v) is 5.55. The monoisotopic (exact) mass is 219 g/mol. The first-order chi connectivity index (χ1) is 7.69. The maximum absolute atomic E-state index is 11.4. The van der Waals surface area contributed by atoms with E-state index in [2.05, 4.69) is 11.4 Å². The summed E-state index contributed by atoms with van der Waals surface area (Å²) >= 11 is 0. The van der Waals surface area contributed by atoms with Crippen LogP contribution in [-0.2, 0) is 11.2 Å². The Balaban J connectivity index is 2.13. The van der Waals surface area contributed by atoms with Crippen LogP contribution < -0.4 is 5.32 Å². The van der Waals surface area contributed by atoms with Crippen LogP contribution in [0.15, 0.2) is 24.3 Å². The molecule has 1 aliphatic rings. The van der Waals surface area contributed by atoms with Crippen LogP contribution in [0.1, 0.15) is 28.8 Å². The van der Waals surface area contributed by atoms with Crippen molar-refractivity contribution < 1.29 is 9.53 Å². The Kier molecular flexibility index (Phi) is 2.97. The third-order valence-electron chi connectivity index (χ3n) is 3.27. The second kappa shape index (κ2) is 4.26. The minimum atomic E-state index is -0.267. The molecule has 1 aliphatic carbocycles. The second-order valence-electron chi connectivity index (χ2n) is 4.40. The Morgan fingerprint density at radius 2 is 2.25 bits per heavy atom. The first-order valence-electron chi connectivity index (χ1n) is 5.55. The van der Waals surface area contributed by atoms with Gasteiger partial charge in [0.15, 0.2) is 0 Å². The highest BCUT2D eigenvalue weighted by atomic mass is 16.5. The highest BCUT2D eigenvalue weighted by Gasteiger charge is 2.40. The van der Waals surface area contributed by atoms with E-state index >= 15 is 0 Å². The van der Waals surface area contributed by atoms with Gasteiger partial charge in [0.25, 0.3) is 0 Å². The Morgan fingerprint density at radius 1 is 1.50 bits per heavy atom. The maximum atomic E-state index is 11.4. The molecular weight excluding hydrogens is 202 g/mol. The Labute approximate surface area is 95.8 Å². The molecule has 1 saturated carbocycles. The minimum absolute atomic E-state index is 0.267. The lowest BCUT2D eigenvalue weighted by atomic mass is 10.0. The Morgan fingerprint density at radius 3 is 2.81 bits per heavy atom. The number of hydrogen-bond donors (Lipinski definition) is 1. The molecule has 1 N–H and O–H groups in total. The third kappa shape index (κ3) is 2.25. The summed E-state index contributed by atoms with van der Waals surface area (Å²) < 4.78 is 4.71. The summed E-state index contributed by atoms with van der Waals surface area (Å²) in [5, 5.41) is 3.35. The van der Waals surface area contributed by atoms with Crippen molar-refractivity contribution in [3.05, 3.63) is 35.4 Å². The van der Waals surface area contributed by atoms with Crippen LogP contribution in [0.3, 0.4) is 0 Å². The third-order valence-corrected chi connectivity index (χ3v) is 3.27. The van der Waals surface area contributed by atoms with E-state index in [1.54, 1.807) is 6.07 Å². The standard InChI is InChI=1S/C13H17NO2/c1-14-13(6-7-13)9-10-4-3-5-11(8-10)12(15)16-2/h3-5,8,14H,6-7,9H2,1-2H3. The molecule has 86 valence electrons. The summed E-state index contributed by atoms with van der Waals surface area (Å²) in [5.74, 6) is -0.267. The number of hydrogen-bond acceptors (Lipinski definition) is 3. The molecule has 1 fully saturated rings. The van der Waals surface area contributed by atoms with Crippen molar-refractivity contribution in [2.24, 2.45) is 0 Å². The van der Waals surface area contributed by atoms with Gasteiger partial charge in [-0.1, -0.05) is 12.1 Å². The number of carbonyl (C=O) groups excluding carboxylic acids is 1. The fourth-order valence-corrected chi connectivity index (χ4v) is 1.98. The second-order valence-corrected chi connectivity index (χ2v) is 4.40. The average molecular weight is 219 g/mol. The molecule has 3 nitrogen and oxygen atoms in total. The molecule has 0 aliphatic heterocycles. The number of likely N-dealkylation sites (N-methyl/N-ethyl adjacent to an activating group) is 1. The lowest BCUT2D eigenvalue weighted by molar-refractivity contribution is 0.0600. The molecular formula is C13H17NO2. The zero-order valence-electron chi connectivity index (χ0n) is 9.75. The van der Waals surface area contributed by atoms with Crippen LogP contribution in [0.4, 0.5) is 0 Å². The molecule has 1 aromatic carbocycles. The first kappa shape index (κ1) is 11.1.